The van der Waals surface area contributed by atoms with Gasteiger partial charge in [0.1, 0.15) is 5.52 Å². The summed E-state index contributed by atoms with van der Waals surface area (Å²) < 4.78 is 5.40. The van der Waals surface area contributed by atoms with Crippen LogP contribution in [0.2, 0.25) is 0 Å². The molecule has 0 bridgehead atoms. The fourth-order valence-electron chi connectivity index (χ4n) is 1.72. The lowest BCUT2D eigenvalue weighted by atomic mass is 10.0. The highest BCUT2D eigenvalue weighted by Crippen LogP contribution is 2.18. The standard InChI is InChI=1S/C13H16N2O2/c1-8(14)3-6-12(16)10-4-5-11-13(7-10)17-9(2)15-11/h4-5,7-8H,3,6,14H2,1-2H3. The molecule has 1 aromatic carbocycles. The molecule has 0 saturated carbocycles. The number of oxazole rings is 1. The second-order valence-electron chi connectivity index (χ2n) is 4.35. The van der Waals surface area contributed by atoms with Crippen LogP contribution < -0.4 is 5.73 Å². The molecule has 2 aromatic rings. The fourth-order valence-corrected chi connectivity index (χ4v) is 1.72. The number of carbonyl (C=O) groups is 1. The second-order valence-corrected chi connectivity index (χ2v) is 4.35. The summed E-state index contributed by atoms with van der Waals surface area (Å²) in [6, 6.07) is 5.40. The van der Waals surface area contributed by atoms with Gasteiger partial charge in [0.15, 0.2) is 17.3 Å². The van der Waals surface area contributed by atoms with Crippen molar-refractivity contribution in [3.63, 3.8) is 0 Å². The average Bonchev–Trinajstić information content (AvgIpc) is 2.64. The molecule has 1 unspecified atom stereocenters. The zero-order valence-corrected chi connectivity index (χ0v) is 10.1. The average molecular weight is 232 g/mol. The van der Waals surface area contributed by atoms with Crippen LogP contribution in [0.4, 0.5) is 0 Å². The number of aryl methyl sites for hydroxylation is 1. The molecule has 4 heteroatoms. The Labute approximate surface area is 99.8 Å². The van der Waals surface area contributed by atoms with Crippen LogP contribution in [0.25, 0.3) is 11.1 Å². The van der Waals surface area contributed by atoms with E-state index in [0.29, 0.717) is 29.9 Å². The molecule has 0 saturated heterocycles. The quantitative estimate of drug-likeness (QED) is 0.822. The predicted octanol–water partition coefficient (Wildman–Crippen LogP) is 2.45. The summed E-state index contributed by atoms with van der Waals surface area (Å²) in [5.41, 5.74) is 7.74. The fraction of sp³-hybridized carbons (Fsp3) is 0.385. The van der Waals surface area contributed by atoms with E-state index in [1.54, 1.807) is 19.1 Å². The maximum absolute atomic E-state index is 11.9. The lowest BCUT2D eigenvalue weighted by Gasteiger charge is -2.03. The summed E-state index contributed by atoms with van der Waals surface area (Å²) in [5, 5.41) is 0. The van der Waals surface area contributed by atoms with E-state index in [4.69, 9.17) is 10.2 Å². The number of rotatable bonds is 4. The van der Waals surface area contributed by atoms with E-state index in [1.165, 1.54) is 0 Å². The summed E-state index contributed by atoms with van der Waals surface area (Å²) in [6.07, 6.45) is 1.17. The molecule has 0 aliphatic rings. The maximum atomic E-state index is 11.9. The van der Waals surface area contributed by atoms with Crippen LogP contribution in [0, 0.1) is 6.92 Å². The van der Waals surface area contributed by atoms with E-state index >= 15 is 0 Å². The van der Waals surface area contributed by atoms with Gasteiger partial charge in [-0.15, -0.1) is 0 Å². The summed E-state index contributed by atoms with van der Waals surface area (Å²) in [7, 11) is 0. The minimum absolute atomic E-state index is 0.0511. The number of hydrogen-bond donors (Lipinski definition) is 1. The van der Waals surface area contributed by atoms with Crippen LogP contribution in [0.3, 0.4) is 0 Å². The van der Waals surface area contributed by atoms with Crippen molar-refractivity contribution in [2.24, 2.45) is 5.73 Å². The number of ketones is 1. The van der Waals surface area contributed by atoms with Crippen molar-refractivity contribution in [3.05, 3.63) is 29.7 Å². The molecule has 1 aromatic heterocycles. The van der Waals surface area contributed by atoms with Crippen molar-refractivity contribution < 1.29 is 9.21 Å². The highest BCUT2D eigenvalue weighted by atomic mass is 16.3. The van der Waals surface area contributed by atoms with Crippen molar-refractivity contribution in [2.75, 3.05) is 0 Å². The number of aromatic nitrogens is 1. The van der Waals surface area contributed by atoms with Gasteiger partial charge in [-0.1, -0.05) is 0 Å². The summed E-state index contributed by atoms with van der Waals surface area (Å²) in [5.74, 6) is 0.707. The van der Waals surface area contributed by atoms with Crippen LogP contribution in [0.15, 0.2) is 22.6 Å². The van der Waals surface area contributed by atoms with Crippen LogP contribution >= 0.6 is 0 Å². The molecule has 4 nitrogen and oxygen atoms in total. The van der Waals surface area contributed by atoms with Gasteiger partial charge >= 0.3 is 0 Å². The van der Waals surface area contributed by atoms with Crippen LogP contribution in [-0.2, 0) is 0 Å². The van der Waals surface area contributed by atoms with Crippen molar-refractivity contribution in [1.82, 2.24) is 4.98 Å². The Morgan fingerprint density at radius 3 is 3.00 bits per heavy atom. The lowest BCUT2D eigenvalue weighted by Crippen LogP contribution is -2.16. The zero-order valence-electron chi connectivity index (χ0n) is 10.1. The Hall–Kier alpha value is -1.68. The first kappa shape index (κ1) is 11.8. The molecule has 0 aliphatic heterocycles. The predicted molar refractivity (Wildman–Crippen MR) is 66.0 cm³/mol. The third kappa shape index (κ3) is 2.71. The minimum atomic E-state index is 0.0511. The number of nitrogens with zero attached hydrogens (tertiary/aromatic N) is 1. The molecule has 0 fully saturated rings. The Kier molecular flexibility index (Phi) is 3.24. The normalized spacial score (nSPS) is 12.9. The van der Waals surface area contributed by atoms with Crippen molar-refractivity contribution >= 4 is 16.9 Å². The Balaban J connectivity index is 2.20. The van der Waals surface area contributed by atoms with Gasteiger partial charge in [-0.25, -0.2) is 4.98 Å². The van der Waals surface area contributed by atoms with E-state index < -0.39 is 0 Å². The molecule has 0 spiro atoms. The minimum Gasteiger partial charge on any atom is -0.441 e. The highest BCUT2D eigenvalue weighted by Gasteiger charge is 2.10. The molecular weight excluding hydrogens is 216 g/mol. The Morgan fingerprint density at radius 2 is 2.29 bits per heavy atom. The number of nitrogens with two attached hydrogens (primary N) is 1. The van der Waals surface area contributed by atoms with E-state index in [9.17, 15) is 4.79 Å². The van der Waals surface area contributed by atoms with E-state index in [0.717, 1.165) is 5.52 Å². The van der Waals surface area contributed by atoms with Crippen LogP contribution in [0.5, 0.6) is 0 Å². The van der Waals surface area contributed by atoms with Crippen molar-refractivity contribution in [2.45, 2.75) is 32.7 Å². The largest absolute Gasteiger partial charge is 0.441 e. The van der Waals surface area contributed by atoms with Crippen LogP contribution in [-0.4, -0.2) is 16.8 Å². The Bertz CT molecular complexity index is 543. The second kappa shape index (κ2) is 4.67. The van der Waals surface area contributed by atoms with E-state index in [1.807, 2.05) is 13.0 Å². The van der Waals surface area contributed by atoms with Gasteiger partial charge in [0, 0.05) is 24.9 Å². The van der Waals surface area contributed by atoms with Gasteiger partial charge in [0.05, 0.1) is 0 Å². The molecular formula is C13H16N2O2. The van der Waals surface area contributed by atoms with Crippen LogP contribution in [0.1, 0.15) is 36.0 Å². The highest BCUT2D eigenvalue weighted by molar-refractivity contribution is 5.98. The third-order valence-electron chi connectivity index (χ3n) is 2.64. The molecule has 2 rings (SSSR count). The first-order valence-electron chi connectivity index (χ1n) is 5.72. The summed E-state index contributed by atoms with van der Waals surface area (Å²) in [6.45, 7) is 3.69. The number of hydrogen-bond acceptors (Lipinski definition) is 4. The smallest absolute Gasteiger partial charge is 0.192 e. The SMILES string of the molecule is Cc1nc2ccc(C(=O)CCC(C)N)cc2o1. The molecule has 0 amide bonds. The van der Waals surface area contributed by atoms with Gasteiger partial charge in [0.2, 0.25) is 0 Å². The van der Waals surface area contributed by atoms with Gasteiger partial charge in [-0.05, 0) is 31.5 Å². The van der Waals surface area contributed by atoms with Gasteiger partial charge in [-0.3, -0.25) is 4.79 Å². The molecule has 2 N–H and O–H groups in total. The number of benzene rings is 1. The lowest BCUT2D eigenvalue weighted by molar-refractivity contribution is 0.0978. The summed E-state index contributed by atoms with van der Waals surface area (Å²) in [4.78, 5) is 16.1. The Morgan fingerprint density at radius 1 is 1.53 bits per heavy atom. The zero-order chi connectivity index (χ0) is 12.4. The maximum Gasteiger partial charge on any atom is 0.192 e. The van der Waals surface area contributed by atoms with Crippen molar-refractivity contribution in [3.8, 4) is 0 Å². The van der Waals surface area contributed by atoms with E-state index in [-0.39, 0.29) is 11.8 Å². The van der Waals surface area contributed by atoms with Crippen molar-refractivity contribution in [1.29, 1.82) is 0 Å². The number of carbonyl (C=O) groups excluding carboxylic acids is 1. The molecule has 0 radical (unpaired) electrons. The number of Topliss-reactive ketones (excluding diaryl/α,β-unsaturated/α-hetero) is 1. The van der Waals surface area contributed by atoms with Gasteiger partial charge in [0.25, 0.3) is 0 Å². The van der Waals surface area contributed by atoms with Gasteiger partial charge in [-0.2, -0.15) is 0 Å². The molecule has 1 atom stereocenters. The molecule has 17 heavy (non-hydrogen) atoms. The molecule has 0 aliphatic carbocycles. The van der Waals surface area contributed by atoms with Gasteiger partial charge < -0.3 is 10.2 Å². The summed E-state index contributed by atoms with van der Waals surface area (Å²) >= 11 is 0. The molecule has 90 valence electrons. The molecule has 1 heterocycles. The third-order valence-corrected chi connectivity index (χ3v) is 2.64. The topological polar surface area (TPSA) is 69.1 Å². The number of fused-ring (bicyclic) bond motifs is 1. The van der Waals surface area contributed by atoms with E-state index in [2.05, 4.69) is 4.98 Å². The first-order valence-corrected chi connectivity index (χ1v) is 5.72. The first-order chi connectivity index (χ1) is 8.06. The monoisotopic (exact) mass is 232 g/mol.